The third-order valence-corrected chi connectivity index (χ3v) is 3.04. The average molecular weight is 194 g/mol. The van der Waals surface area contributed by atoms with Gasteiger partial charge < -0.3 is 5.32 Å². The van der Waals surface area contributed by atoms with Gasteiger partial charge in [-0.05, 0) is 25.8 Å². The number of piperidine rings is 1. The third-order valence-electron chi connectivity index (χ3n) is 3.04. The van der Waals surface area contributed by atoms with Crippen LogP contribution in [-0.4, -0.2) is 36.6 Å². The van der Waals surface area contributed by atoms with Crippen LogP contribution in [0.5, 0.6) is 0 Å². The van der Waals surface area contributed by atoms with Crippen LogP contribution in [0.25, 0.3) is 0 Å². The van der Waals surface area contributed by atoms with Gasteiger partial charge in [0.05, 0.1) is 6.04 Å². The average Bonchev–Trinajstić information content (AvgIpc) is 2.23. The van der Waals surface area contributed by atoms with Crippen molar-refractivity contribution in [1.82, 2.24) is 10.2 Å². The summed E-state index contributed by atoms with van der Waals surface area (Å²) in [4.78, 5) is 2.44. The van der Waals surface area contributed by atoms with Gasteiger partial charge >= 0.3 is 0 Å². The van der Waals surface area contributed by atoms with Crippen LogP contribution in [0.2, 0.25) is 0 Å². The number of terminal acetylenes is 1. The smallest absolute Gasteiger partial charge is 0.0709 e. The molecule has 1 heterocycles. The molecular weight excluding hydrogens is 172 g/mol. The summed E-state index contributed by atoms with van der Waals surface area (Å²) in [6.07, 6.45) is 9.06. The summed E-state index contributed by atoms with van der Waals surface area (Å²) in [7, 11) is 0. The lowest BCUT2D eigenvalue weighted by atomic mass is 10.0. The molecule has 0 aliphatic carbocycles. The first-order valence-corrected chi connectivity index (χ1v) is 5.75. The normalized spacial score (nSPS) is 21.8. The fourth-order valence-corrected chi connectivity index (χ4v) is 2.19. The minimum atomic E-state index is 0.359. The van der Waals surface area contributed by atoms with E-state index in [9.17, 15) is 0 Å². The van der Waals surface area contributed by atoms with E-state index in [0.29, 0.717) is 12.1 Å². The lowest BCUT2D eigenvalue weighted by Crippen LogP contribution is -2.46. The highest BCUT2D eigenvalue weighted by molar-refractivity contribution is 5.00. The SMILES string of the molecule is C#CC(CC)N1CCC(NCC)CC1. The second kappa shape index (κ2) is 6.06. The van der Waals surface area contributed by atoms with Gasteiger partial charge in [-0.2, -0.15) is 0 Å². The fraction of sp³-hybridized carbons (Fsp3) is 0.833. The van der Waals surface area contributed by atoms with Crippen molar-refractivity contribution in [2.45, 2.75) is 45.2 Å². The van der Waals surface area contributed by atoms with Crippen LogP contribution in [0.15, 0.2) is 0 Å². The van der Waals surface area contributed by atoms with E-state index in [2.05, 4.69) is 30.0 Å². The lowest BCUT2D eigenvalue weighted by Gasteiger charge is -2.35. The molecule has 1 rings (SSSR count). The first-order chi connectivity index (χ1) is 6.81. The van der Waals surface area contributed by atoms with E-state index in [4.69, 9.17) is 6.42 Å². The Hall–Kier alpha value is -0.520. The Morgan fingerprint density at radius 1 is 1.43 bits per heavy atom. The van der Waals surface area contributed by atoms with E-state index in [1.165, 1.54) is 12.8 Å². The first-order valence-electron chi connectivity index (χ1n) is 5.75. The van der Waals surface area contributed by atoms with Crippen molar-refractivity contribution < 1.29 is 0 Å². The van der Waals surface area contributed by atoms with Crippen LogP contribution in [0.4, 0.5) is 0 Å². The van der Waals surface area contributed by atoms with E-state index in [1.807, 2.05) is 0 Å². The molecular formula is C12H22N2. The molecule has 1 saturated heterocycles. The van der Waals surface area contributed by atoms with Crippen molar-refractivity contribution in [2.75, 3.05) is 19.6 Å². The summed E-state index contributed by atoms with van der Waals surface area (Å²) in [5.41, 5.74) is 0. The zero-order chi connectivity index (χ0) is 10.4. The summed E-state index contributed by atoms with van der Waals surface area (Å²) in [5, 5.41) is 3.50. The van der Waals surface area contributed by atoms with E-state index < -0.39 is 0 Å². The maximum atomic E-state index is 5.50. The van der Waals surface area contributed by atoms with Gasteiger partial charge in [-0.3, -0.25) is 4.90 Å². The van der Waals surface area contributed by atoms with Gasteiger partial charge in [0.15, 0.2) is 0 Å². The highest BCUT2D eigenvalue weighted by Gasteiger charge is 2.21. The van der Waals surface area contributed by atoms with Crippen molar-refractivity contribution in [3.8, 4) is 12.3 Å². The van der Waals surface area contributed by atoms with Crippen LogP contribution < -0.4 is 5.32 Å². The van der Waals surface area contributed by atoms with Crippen molar-refractivity contribution in [3.63, 3.8) is 0 Å². The molecule has 0 bridgehead atoms. The van der Waals surface area contributed by atoms with Crippen LogP contribution >= 0.6 is 0 Å². The minimum absolute atomic E-state index is 0.359. The molecule has 1 aliphatic rings. The Balaban J connectivity index is 2.31. The van der Waals surface area contributed by atoms with Crippen molar-refractivity contribution in [2.24, 2.45) is 0 Å². The molecule has 14 heavy (non-hydrogen) atoms. The number of hydrogen-bond donors (Lipinski definition) is 1. The summed E-state index contributed by atoms with van der Waals surface area (Å²) >= 11 is 0. The predicted octanol–water partition coefficient (Wildman–Crippen LogP) is 1.47. The minimum Gasteiger partial charge on any atom is -0.314 e. The summed E-state index contributed by atoms with van der Waals surface area (Å²) < 4.78 is 0. The lowest BCUT2D eigenvalue weighted by molar-refractivity contribution is 0.169. The number of nitrogens with zero attached hydrogens (tertiary/aromatic N) is 1. The Morgan fingerprint density at radius 2 is 2.07 bits per heavy atom. The molecule has 0 saturated carbocycles. The Kier molecular flexibility index (Phi) is 5.00. The molecule has 0 radical (unpaired) electrons. The standard InChI is InChI=1S/C12H22N2/c1-4-12(5-2)14-9-7-11(8-10-14)13-6-3/h1,11-13H,5-10H2,2-3H3. The second-order valence-corrected chi connectivity index (χ2v) is 3.96. The molecule has 1 aliphatic heterocycles. The monoisotopic (exact) mass is 194 g/mol. The van der Waals surface area contributed by atoms with Crippen molar-refractivity contribution in [1.29, 1.82) is 0 Å². The summed E-state index contributed by atoms with van der Waals surface area (Å²) in [5.74, 6) is 2.87. The summed E-state index contributed by atoms with van der Waals surface area (Å²) in [6.45, 7) is 7.72. The van der Waals surface area contributed by atoms with E-state index in [0.717, 1.165) is 26.1 Å². The number of rotatable bonds is 4. The van der Waals surface area contributed by atoms with E-state index in [1.54, 1.807) is 0 Å². The van der Waals surface area contributed by atoms with Crippen LogP contribution in [-0.2, 0) is 0 Å². The van der Waals surface area contributed by atoms with Gasteiger partial charge in [-0.25, -0.2) is 0 Å². The van der Waals surface area contributed by atoms with Gasteiger partial charge in [0, 0.05) is 19.1 Å². The Labute approximate surface area is 88.1 Å². The largest absolute Gasteiger partial charge is 0.314 e. The molecule has 0 aromatic heterocycles. The Bertz CT molecular complexity index is 187. The molecule has 2 heteroatoms. The molecule has 0 aromatic carbocycles. The fourth-order valence-electron chi connectivity index (χ4n) is 2.19. The number of likely N-dealkylation sites (tertiary alicyclic amines) is 1. The van der Waals surface area contributed by atoms with Gasteiger partial charge in [0.2, 0.25) is 0 Å². The Morgan fingerprint density at radius 3 is 2.50 bits per heavy atom. The second-order valence-electron chi connectivity index (χ2n) is 3.96. The van der Waals surface area contributed by atoms with Crippen LogP contribution in [0.1, 0.15) is 33.1 Å². The molecule has 0 spiro atoms. The van der Waals surface area contributed by atoms with Crippen molar-refractivity contribution >= 4 is 0 Å². The third kappa shape index (κ3) is 3.01. The van der Waals surface area contributed by atoms with Gasteiger partial charge in [-0.15, -0.1) is 6.42 Å². The maximum Gasteiger partial charge on any atom is 0.0709 e. The highest BCUT2D eigenvalue weighted by Crippen LogP contribution is 2.14. The predicted molar refractivity (Wildman–Crippen MR) is 61.2 cm³/mol. The van der Waals surface area contributed by atoms with Crippen LogP contribution in [0.3, 0.4) is 0 Å². The highest BCUT2D eigenvalue weighted by atomic mass is 15.2. The van der Waals surface area contributed by atoms with E-state index >= 15 is 0 Å². The zero-order valence-corrected chi connectivity index (χ0v) is 9.42. The van der Waals surface area contributed by atoms with Gasteiger partial charge in [0.1, 0.15) is 0 Å². The quantitative estimate of drug-likeness (QED) is 0.682. The van der Waals surface area contributed by atoms with Crippen molar-refractivity contribution in [3.05, 3.63) is 0 Å². The number of hydrogen-bond acceptors (Lipinski definition) is 2. The molecule has 1 N–H and O–H groups in total. The van der Waals surface area contributed by atoms with E-state index in [-0.39, 0.29) is 0 Å². The van der Waals surface area contributed by atoms with Crippen LogP contribution in [0, 0.1) is 12.3 Å². The maximum absolute atomic E-state index is 5.50. The molecule has 1 atom stereocenters. The summed E-state index contributed by atoms with van der Waals surface area (Å²) in [6, 6.07) is 1.07. The molecule has 1 unspecified atom stereocenters. The zero-order valence-electron chi connectivity index (χ0n) is 9.42. The molecule has 2 nitrogen and oxygen atoms in total. The molecule has 0 aromatic rings. The number of nitrogens with one attached hydrogen (secondary N) is 1. The van der Waals surface area contributed by atoms with Gasteiger partial charge in [0.25, 0.3) is 0 Å². The molecule has 1 fully saturated rings. The first kappa shape index (κ1) is 11.6. The van der Waals surface area contributed by atoms with Gasteiger partial charge in [-0.1, -0.05) is 19.8 Å². The topological polar surface area (TPSA) is 15.3 Å². The molecule has 0 amide bonds. The molecule has 80 valence electrons.